The molecule has 140 valence electrons. The van der Waals surface area contributed by atoms with Gasteiger partial charge in [-0.2, -0.15) is 0 Å². The molecular weight excluding hydrogens is 346 g/mol. The third kappa shape index (κ3) is 3.20. The first-order valence-electron chi connectivity index (χ1n) is 9.74. The highest BCUT2D eigenvalue weighted by atomic mass is 32.2. The lowest BCUT2D eigenvalue weighted by atomic mass is 9.99. The number of benzene rings is 1. The average molecular weight is 374 g/mol. The minimum absolute atomic E-state index is 0.131. The van der Waals surface area contributed by atoms with Gasteiger partial charge in [0.25, 0.3) is 0 Å². The number of fused-ring (bicyclic) bond motifs is 2. The van der Waals surface area contributed by atoms with Crippen molar-refractivity contribution in [3.8, 4) is 0 Å². The largest absolute Gasteiger partial charge is 0.339 e. The van der Waals surface area contributed by atoms with Crippen LogP contribution in [0.5, 0.6) is 0 Å². The van der Waals surface area contributed by atoms with Gasteiger partial charge in [0.2, 0.25) is 5.91 Å². The zero-order chi connectivity index (χ0) is 18.3. The van der Waals surface area contributed by atoms with E-state index in [-0.39, 0.29) is 23.2 Å². The van der Waals surface area contributed by atoms with Crippen LogP contribution in [0.25, 0.3) is 0 Å². The predicted octanol–water partition coefficient (Wildman–Crippen LogP) is 3.44. The molecule has 3 amide bonds. The molecule has 5 nitrogen and oxygen atoms in total. The molecule has 26 heavy (non-hydrogen) atoms. The minimum atomic E-state index is -0.208. The van der Waals surface area contributed by atoms with Crippen LogP contribution in [0.4, 0.5) is 10.5 Å². The Morgan fingerprint density at radius 3 is 2.38 bits per heavy atom. The Balaban J connectivity index is 1.41. The summed E-state index contributed by atoms with van der Waals surface area (Å²) in [7, 11) is 0. The molecule has 0 bridgehead atoms. The zero-order valence-electron chi connectivity index (χ0n) is 15.6. The first kappa shape index (κ1) is 17.7. The molecule has 0 saturated carbocycles. The zero-order valence-corrected chi connectivity index (χ0v) is 16.4. The van der Waals surface area contributed by atoms with Crippen LogP contribution >= 0.6 is 11.9 Å². The van der Waals surface area contributed by atoms with Crippen molar-refractivity contribution in [1.29, 1.82) is 0 Å². The topological polar surface area (TPSA) is 61.4 Å². The maximum Gasteiger partial charge on any atom is 0.329 e. The summed E-state index contributed by atoms with van der Waals surface area (Å²) in [5.74, 6) is 0.131. The van der Waals surface area contributed by atoms with Gasteiger partial charge >= 0.3 is 6.03 Å². The van der Waals surface area contributed by atoms with Crippen molar-refractivity contribution in [2.24, 2.45) is 0 Å². The first-order valence-corrected chi connectivity index (χ1v) is 10.6. The summed E-state index contributed by atoms with van der Waals surface area (Å²) < 4.78 is 2.86. The number of urea groups is 1. The van der Waals surface area contributed by atoms with E-state index in [0.717, 1.165) is 44.3 Å². The van der Waals surface area contributed by atoms with Gasteiger partial charge in [-0.15, -0.1) is 0 Å². The lowest BCUT2D eigenvalue weighted by Crippen LogP contribution is -2.35. The molecule has 1 atom stereocenters. The van der Waals surface area contributed by atoms with Crippen LogP contribution in [0.15, 0.2) is 6.07 Å². The van der Waals surface area contributed by atoms with E-state index in [1.54, 1.807) is 0 Å². The smallest absolute Gasteiger partial charge is 0.329 e. The second kappa shape index (κ2) is 7.14. The third-order valence-electron chi connectivity index (χ3n) is 5.82. The van der Waals surface area contributed by atoms with E-state index < -0.39 is 0 Å². The fourth-order valence-electron chi connectivity index (χ4n) is 4.53. The van der Waals surface area contributed by atoms with E-state index in [1.165, 1.54) is 47.0 Å². The fraction of sp³-hybridized carbons (Fsp3) is 0.600. The number of likely N-dealkylation sites (tertiary alicyclic amines) is 1. The molecule has 1 saturated heterocycles. The molecule has 1 aromatic rings. The second-order valence-corrected chi connectivity index (χ2v) is 8.82. The number of nitrogens with zero attached hydrogens (tertiary/aromatic N) is 1. The van der Waals surface area contributed by atoms with Gasteiger partial charge < -0.3 is 10.2 Å². The van der Waals surface area contributed by atoms with Crippen LogP contribution in [-0.2, 0) is 30.5 Å². The van der Waals surface area contributed by atoms with Gasteiger partial charge in [-0.1, -0.05) is 6.07 Å². The lowest BCUT2D eigenvalue weighted by Gasteiger charge is -2.21. The maximum atomic E-state index is 12.5. The van der Waals surface area contributed by atoms with Gasteiger partial charge in [0, 0.05) is 18.3 Å². The molecule has 0 aromatic heterocycles. The van der Waals surface area contributed by atoms with E-state index in [0.29, 0.717) is 0 Å². The SMILES string of the molecule is CC(C)N1CCC(SNC(=O)Nc2c3c(cc4c2CCC4)CCC3)C1=O. The van der Waals surface area contributed by atoms with E-state index >= 15 is 0 Å². The van der Waals surface area contributed by atoms with Gasteiger partial charge in [0.1, 0.15) is 5.25 Å². The number of anilines is 1. The number of nitrogens with one attached hydrogen (secondary N) is 2. The Hall–Kier alpha value is -1.69. The molecule has 2 aliphatic carbocycles. The molecule has 0 radical (unpaired) electrons. The highest BCUT2D eigenvalue weighted by molar-refractivity contribution is 7.99. The molecule has 3 aliphatic rings. The summed E-state index contributed by atoms with van der Waals surface area (Å²) in [5.41, 5.74) is 6.52. The van der Waals surface area contributed by atoms with E-state index in [9.17, 15) is 9.59 Å². The van der Waals surface area contributed by atoms with E-state index in [1.807, 2.05) is 18.7 Å². The molecule has 1 fully saturated rings. The quantitative estimate of drug-likeness (QED) is 0.795. The van der Waals surface area contributed by atoms with Crippen LogP contribution in [0, 0.1) is 0 Å². The first-order chi connectivity index (χ1) is 12.5. The molecule has 1 unspecified atom stereocenters. The Morgan fingerprint density at radius 2 is 1.81 bits per heavy atom. The van der Waals surface area contributed by atoms with E-state index in [4.69, 9.17) is 0 Å². The van der Waals surface area contributed by atoms with E-state index in [2.05, 4.69) is 16.1 Å². The second-order valence-electron chi connectivity index (χ2n) is 7.81. The van der Waals surface area contributed by atoms with Crippen molar-refractivity contribution in [1.82, 2.24) is 9.62 Å². The summed E-state index contributed by atoms with van der Waals surface area (Å²) in [5, 5.41) is 2.95. The normalized spacial score (nSPS) is 21.3. The third-order valence-corrected chi connectivity index (χ3v) is 6.84. The van der Waals surface area contributed by atoms with Crippen LogP contribution in [-0.4, -0.2) is 34.7 Å². The number of rotatable bonds is 4. The van der Waals surface area contributed by atoms with Crippen molar-refractivity contribution in [2.75, 3.05) is 11.9 Å². The predicted molar refractivity (Wildman–Crippen MR) is 105 cm³/mol. The van der Waals surface area contributed by atoms with Crippen LogP contribution in [0.3, 0.4) is 0 Å². The van der Waals surface area contributed by atoms with Gasteiger partial charge in [-0.05, 0) is 93.0 Å². The van der Waals surface area contributed by atoms with Crippen molar-refractivity contribution in [3.05, 3.63) is 28.3 Å². The molecular formula is C20H27N3O2S. The Labute approximate surface area is 159 Å². The van der Waals surface area contributed by atoms with Crippen LogP contribution in [0.2, 0.25) is 0 Å². The van der Waals surface area contributed by atoms with Crippen molar-refractivity contribution >= 4 is 29.6 Å². The van der Waals surface area contributed by atoms with Crippen LogP contribution < -0.4 is 10.0 Å². The van der Waals surface area contributed by atoms with Gasteiger partial charge in [0.05, 0.1) is 0 Å². The number of hydrogen-bond donors (Lipinski definition) is 2. The Bertz CT molecular complexity index is 715. The summed E-state index contributed by atoms with van der Waals surface area (Å²) in [6.45, 7) is 4.83. The highest BCUT2D eigenvalue weighted by Crippen LogP contribution is 2.38. The number of hydrogen-bond acceptors (Lipinski definition) is 3. The summed E-state index contributed by atoms with van der Waals surface area (Å²) in [6, 6.07) is 2.37. The Kier molecular flexibility index (Phi) is 4.86. The fourth-order valence-corrected chi connectivity index (χ4v) is 5.29. The summed E-state index contributed by atoms with van der Waals surface area (Å²) in [4.78, 5) is 26.8. The average Bonchev–Trinajstić information content (AvgIpc) is 3.32. The molecule has 4 rings (SSSR count). The van der Waals surface area contributed by atoms with Gasteiger partial charge in [0.15, 0.2) is 0 Å². The lowest BCUT2D eigenvalue weighted by molar-refractivity contribution is -0.128. The summed E-state index contributed by atoms with van der Waals surface area (Å²) in [6.07, 6.45) is 7.48. The van der Waals surface area contributed by atoms with Crippen LogP contribution in [0.1, 0.15) is 55.4 Å². The van der Waals surface area contributed by atoms with Gasteiger partial charge in [-0.25, -0.2) is 4.79 Å². The molecule has 6 heteroatoms. The van der Waals surface area contributed by atoms with Crippen molar-refractivity contribution in [2.45, 2.75) is 70.1 Å². The van der Waals surface area contributed by atoms with Crippen molar-refractivity contribution < 1.29 is 9.59 Å². The number of carbonyl (C=O) groups is 2. The standard InChI is InChI=1S/C20H27N3O2S/c1-12(2)23-10-9-17(19(23)24)26-22-20(25)21-18-15-7-3-5-13(15)11-14-6-4-8-16(14)18/h11-12,17H,3-10H2,1-2H3,(H2,21,22,25). The maximum absolute atomic E-state index is 12.5. The Morgan fingerprint density at radius 1 is 1.15 bits per heavy atom. The summed E-state index contributed by atoms with van der Waals surface area (Å²) >= 11 is 1.25. The molecule has 2 N–H and O–H groups in total. The van der Waals surface area contributed by atoms with Gasteiger partial charge in [-0.3, -0.25) is 9.52 Å². The van der Waals surface area contributed by atoms with Crippen molar-refractivity contribution in [3.63, 3.8) is 0 Å². The molecule has 1 aliphatic heterocycles. The molecule has 1 aromatic carbocycles. The molecule has 1 heterocycles. The molecule has 0 spiro atoms. The monoisotopic (exact) mass is 373 g/mol. The number of carbonyl (C=O) groups excluding carboxylic acids is 2. The highest BCUT2D eigenvalue weighted by Gasteiger charge is 2.34. The number of amides is 3. The minimum Gasteiger partial charge on any atom is -0.339 e. The number of aryl methyl sites for hydroxylation is 2.